The molecule has 2 aromatic carbocycles. The number of hydrogen-bond acceptors (Lipinski definition) is 3. The predicted molar refractivity (Wildman–Crippen MR) is 73.3 cm³/mol. The molecule has 0 radical (unpaired) electrons. The lowest BCUT2D eigenvalue weighted by molar-refractivity contribution is 0.102. The molecule has 0 fully saturated rings. The minimum absolute atomic E-state index is 0.146. The number of nitrogen functional groups attached to an aromatic ring is 1. The van der Waals surface area contributed by atoms with Crippen molar-refractivity contribution in [2.24, 2.45) is 5.84 Å². The number of nitrogens with one attached hydrogen (secondary N) is 2. The average Bonchev–Trinajstić information content (AvgIpc) is 2.44. The van der Waals surface area contributed by atoms with Gasteiger partial charge in [0.25, 0.3) is 5.91 Å². The van der Waals surface area contributed by atoms with E-state index in [9.17, 15) is 18.0 Å². The first-order chi connectivity index (χ1) is 9.92. The highest BCUT2D eigenvalue weighted by molar-refractivity contribution is 6.08. The third-order valence-corrected chi connectivity index (χ3v) is 2.83. The van der Waals surface area contributed by atoms with E-state index in [2.05, 4.69) is 10.7 Å². The van der Waals surface area contributed by atoms with Crippen molar-refractivity contribution < 1.29 is 18.0 Å². The number of aryl methyl sites for hydroxylation is 1. The second-order valence-corrected chi connectivity index (χ2v) is 4.39. The van der Waals surface area contributed by atoms with Crippen LogP contribution in [0, 0.1) is 24.4 Å². The summed E-state index contributed by atoms with van der Waals surface area (Å²) in [6.07, 6.45) is 0. The fraction of sp³-hybridized carbons (Fsp3) is 0.0714. The molecule has 0 unspecified atom stereocenters. The maximum absolute atomic E-state index is 13.5. The fourth-order valence-electron chi connectivity index (χ4n) is 1.78. The number of nitrogens with two attached hydrogens (primary N) is 1. The van der Waals surface area contributed by atoms with E-state index in [0.717, 1.165) is 5.56 Å². The molecule has 110 valence electrons. The average molecular weight is 295 g/mol. The van der Waals surface area contributed by atoms with Crippen LogP contribution in [0.15, 0.2) is 30.3 Å². The minimum atomic E-state index is -1.33. The molecule has 0 saturated heterocycles. The first kappa shape index (κ1) is 14.9. The van der Waals surface area contributed by atoms with Crippen LogP contribution in [0.2, 0.25) is 0 Å². The molecule has 4 N–H and O–H groups in total. The summed E-state index contributed by atoms with van der Waals surface area (Å²) >= 11 is 0. The number of carbonyl (C=O) groups is 1. The zero-order chi connectivity index (χ0) is 15.6. The summed E-state index contributed by atoms with van der Waals surface area (Å²) in [5.74, 6) is 0.952. The van der Waals surface area contributed by atoms with Crippen LogP contribution in [-0.2, 0) is 0 Å². The molecular weight excluding hydrogens is 283 g/mol. The predicted octanol–water partition coefficient (Wildman–Crippen LogP) is 2.95. The largest absolute Gasteiger partial charge is 0.323 e. The first-order valence-corrected chi connectivity index (χ1v) is 5.95. The fourth-order valence-corrected chi connectivity index (χ4v) is 1.78. The Morgan fingerprint density at radius 1 is 1.00 bits per heavy atom. The normalized spacial score (nSPS) is 10.3. The Morgan fingerprint density at radius 3 is 2.33 bits per heavy atom. The second kappa shape index (κ2) is 5.84. The Bertz CT molecular complexity index is 704. The number of halogens is 3. The Hall–Kier alpha value is -2.54. The van der Waals surface area contributed by atoms with Crippen molar-refractivity contribution in [3.05, 3.63) is 58.9 Å². The van der Waals surface area contributed by atoms with Gasteiger partial charge in [0, 0.05) is 12.1 Å². The monoisotopic (exact) mass is 295 g/mol. The van der Waals surface area contributed by atoms with Crippen LogP contribution in [-0.4, -0.2) is 5.91 Å². The van der Waals surface area contributed by atoms with Gasteiger partial charge in [0.15, 0.2) is 11.6 Å². The van der Waals surface area contributed by atoms with Gasteiger partial charge in [-0.15, -0.1) is 0 Å². The Balaban J connectivity index is 2.32. The molecular formula is C14H12F3N3O. The first-order valence-electron chi connectivity index (χ1n) is 5.95. The minimum Gasteiger partial charge on any atom is -0.323 e. The van der Waals surface area contributed by atoms with Crippen LogP contribution in [0.25, 0.3) is 0 Å². The number of amides is 1. The zero-order valence-corrected chi connectivity index (χ0v) is 11.0. The van der Waals surface area contributed by atoms with Crippen LogP contribution >= 0.6 is 0 Å². The Labute approximate surface area is 118 Å². The molecule has 0 aliphatic rings. The SMILES string of the molecule is Cc1ccc(C(=O)Nc2cc(F)c(F)cc2F)c(NN)c1. The molecule has 21 heavy (non-hydrogen) atoms. The van der Waals surface area contributed by atoms with Crippen molar-refractivity contribution in [3.8, 4) is 0 Å². The highest BCUT2D eigenvalue weighted by atomic mass is 19.2. The Morgan fingerprint density at radius 2 is 1.67 bits per heavy atom. The van der Waals surface area contributed by atoms with Gasteiger partial charge in [-0.05, 0) is 24.6 Å². The number of hydrogen-bond donors (Lipinski definition) is 3. The highest BCUT2D eigenvalue weighted by Crippen LogP contribution is 2.22. The van der Waals surface area contributed by atoms with Crippen LogP contribution in [0.5, 0.6) is 0 Å². The Kier molecular flexibility index (Phi) is 4.13. The quantitative estimate of drug-likeness (QED) is 0.463. The molecule has 0 aliphatic heterocycles. The van der Waals surface area contributed by atoms with E-state index >= 15 is 0 Å². The van der Waals surface area contributed by atoms with E-state index in [1.807, 2.05) is 0 Å². The van der Waals surface area contributed by atoms with E-state index in [1.54, 1.807) is 19.1 Å². The molecule has 0 aromatic heterocycles. The number of benzene rings is 2. The van der Waals surface area contributed by atoms with E-state index < -0.39 is 29.0 Å². The van der Waals surface area contributed by atoms with Crippen molar-refractivity contribution >= 4 is 17.3 Å². The van der Waals surface area contributed by atoms with Crippen LogP contribution in [0.1, 0.15) is 15.9 Å². The van der Waals surface area contributed by atoms with Gasteiger partial charge in [-0.2, -0.15) is 0 Å². The number of carbonyl (C=O) groups excluding carboxylic acids is 1. The van der Waals surface area contributed by atoms with E-state index in [0.29, 0.717) is 17.8 Å². The third kappa shape index (κ3) is 3.14. The maximum Gasteiger partial charge on any atom is 0.257 e. The van der Waals surface area contributed by atoms with Crippen molar-refractivity contribution in [3.63, 3.8) is 0 Å². The number of hydrazine groups is 1. The summed E-state index contributed by atoms with van der Waals surface area (Å²) in [7, 11) is 0. The van der Waals surface area contributed by atoms with Gasteiger partial charge < -0.3 is 10.7 Å². The van der Waals surface area contributed by atoms with Gasteiger partial charge in [-0.1, -0.05) is 6.07 Å². The van der Waals surface area contributed by atoms with Crippen LogP contribution in [0.3, 0.4) is 0 Å². The topological polar surface area (TPSA) is 67.2 Å². The zero-order valence-electron chi connectivity index (χ0n) is 11.0. The van der Waals surface area contributed by atoms with Crippen LogP contribution < -0.4 is 16.6 Å². The van der Waals surface area contributed by atoms with Gasteiger partial charge in [-0.3, -0.25) is 10.6 Å². The lowest BCUT2D eigenvalue weighted by Crippen LogP contribution is -2.18. The molecule has 0 aliphatic carbocycles. The summed E-state index contributed by atoms with van der Waals surface area (Å²) in [5, 5.41) is 2.17. The number of anilines is 2. The van der Waals surface area contributed by atoms with Gasteiger partial charge in [-0.25, -0.2) is 13.2 Å². The number of rotatable bonds is 3. The highest BCUT2D eigenvalue weighted by Gasteiger charge is 2.15. The molecule has 2 aromatic rings. The van der Waals surface area contributed by atoms with Gasteiger partial charge >= 0.3 is 0 Å². The van der Waals surface area contributed by atoms with Crippen molar-refractivity contribution in [1.82, 2.24) is 0 Å². The van der Waals surface area contributed by atoms with Crippen molar-refractivity contribution in [1.29, 1.82) is 0 Å². The third-order valence-electron chi connectivity index (χ3n) is 2.83. The van der Waals surface area contributed by atoms with E-state index in [4.69, 9.17) is 5.84 Å². The van der Waals surface area contributed by atoms with E-state index in [-0.39, 0.29) is 5.56 Å². The molecule has 2 rings (SSSR count). The second-order valence-electron chi connectivity index (χ2n) is 4.39. The molecule has 0 bridgehead atoms. The summed E-state index contributed by atoms with van der Waals surface area (Å²) in [5.41, 5.74) is 3.23. The summed E-state index contributed by atoms with van der Waals surface area (Å²) in [6, 6.07) is 5.71. The molecule has 4 nitrogen and oxygen atoms in total. The molecule has 0 saturated carbocycles. The molecule has 1 amide bonds. The molecule has 0 spiro atoms. The summed E-state index contributed by atoms with van der Waals surface area (Å²) in [4.78, 5) is 12.1. The smallest absolute Gasteiger partial charge is 0.257 e. The van der Waals surface area contributed by atoms with Gasteiger partial charge in [0.1, 0.15) is 5.82 Å². The summed E-state index contributed by atoms with van der Waals surface area (Å²) in [6.45, 7) is 1.80. The lowest BCUT2D eigenvalue weighted by atomic mass is 10.1. The van der Waals surface area contributed by atoms with Gasteiger partial charge in [0.2, 0.25) is 0 Å². The summed E-state index contributed by atoms with van der Waals surface area (Å²) < 4.78 is 39.4. The maximum atomic E-state index is 13.5. The standard InChI is InChI=1S/C14H12F3N3O/c1-7-2-3-8(12(4-7)20-18)14(21)19-13-6-10(16)9(15)5-11(13)17/h2-6,20H,18H2,1H3,(H,19,21). The lowest BCUT2D eigenvalue weighted by Gasteiger charge is -2.11. The van der Waals surface area contributed by atoms with Crippen molar-refractivity contribution in [2.75, 3.05) is 10.7 Å². The van der Waals surface area contributed by atoms with Gasteiger partial charge in [0.05, 0.1) is 16.9 Å². The molecule has 0 atom stereocenters. The van der Waals surface area contributed by atoms with E-state index in [1.165, 1.54) is 6.07 Å². The van der Waals surface area contributed by atoms with Crippen molar-refractivity contribution in [2.45, 2.75) is 6.92 Å². The van der Waals surface area contributed by atoms with Crippen LogP contribution in [0.4, 0.5) is 24.5 Å². The molecule has 7 heteroatoms. The molecule has 0 heterocycles.